The topological polar surface area (TPSA) is 9.72 Å². The third-order valence-electron chi connectivity index (χ3n) is 7.25. The van der Waals surface area contributed by atoms with Crippen LogP contribution in [0, 0.1) is 17.0 Å². The standard InChI is InChI=1S/C23H35F2N3/c1-2-11-26-13-7-20(8-14-26)28-15-10-23(18-28)9-4-12-27(17-23)16-19-5-3-6-21(24)22(19)25/h3,5-6,20H,2,4,7-18H2,1H3. The van der Waals surface area contributed by atoms with Crippen LogP contribution in [-0.4, -0.2) is 66.6 Å². The molecule has 4 rings (SSSR count). The first-order valence-electron chi connectivity index (χ1n) is 11.2. The molecule has 3 heterocycles. The molecule has 5 heteroatoms. The Balaban J connectivity index is 1.33. The van der Waals surface area contributed by atoms with Crippen molar-refractivity contribution in [3.05, 3.63) is 35.4 Å². The predicted octanol–water partition coefficient (Wildman–Crippen LogP) is 4.13. The van der Waals surface area contributed by atoms with Crippen molar-refractivity contribution in [2.75, 3.05) is 45.8 Å². The van der Waals surface area contributed by atoms with E-state index in [4.69, 9.17) is 0 Å². The summed E-state index contributed by atoms with van der Waals surface area (Å²) in [5.74, 6) is -1.40. The Labute approximate surface area is 168 Å². The zero-order valence-electron chi connectivity index (χ0n) is 17.3. The molecule has 1 spiro atoms. The summed E-state index contributed by atoms with van der Waals surface area (Å²) in [6.45, 7) is 10.9. The molecule has 3 saturated heterocycles. The van der Waals surface area contributed by atoms with Gasteiger partial charge in [0.15, 0.2) is 11.6 Å². The molecule has 3 aliphatic rings. The normalized spacial score (nSPS) is 28.4. The second-order valence-electron chi connectivity index (χ2n) is 9.32. The summed E-state index contributed by atoms with van der Waals surface area (Å²) >= 11 is 0. The minimum atomic E-state index is -0.731. The van der Waals surface area contributed by atoms with Crippen LogP contribution in [0.5, 0.6) is 0 Å². The molecular weight excluding hydrogens is 356 g/mol. The van der Waals surface area contributed by atoms with Crippen LogP contribution in [0.4, 0.5) is 8.78 Å². The third-order valence-corrected chi connectivity index (χ3v) is 7.25. The molecule has 156 valence electrons. The summed E-state index contributed by atoms with van der Waals surface area (Å²) in [6, 6.07) is 5.29. The highest BCUT2D eigenvalue weighted by Gasteiger charge is 2.43. The lowest BCUT2D eigenvalue weighted by molar-refractivity contribution is 0.0692. The lowest BCUT2D eigenvalue weighted by Crippen LogP contribution is -2.47. The zero-order chi connectivity index (χ0) is 19.6. The molecule has 1 atom stereocenters. The van der Waals surface area contributed by atoms with Crippen LogP contribution in [0.3, 0.4) is 0 Å². The summed E-state index contributed by atoms with van der Waals surface area (Å²) in [5.41, 5.74) is 0.845. The van der Waals surface area contributed by atoms with Crippen molar-refractivity contribution < 1.29 is 8.78 Å². The largest absolute Gasteiger partial charge is 0.303 e. The number of benzene rings is 1. The van der Waals surface area contributed by atoms with Crippen molar-refractivity contribution in [3.8, 4) is 0 Å². The second-order valence-corrected chi connectivity index (χ2v) is 9.32. The molecule has 0 aromatic heterocycles. The highest BCUT2D eigenvalue weighted by Crippen LogP contribution is 2.41. The van der Waals surface area contributed by atoms with E-state index in [-0.39, 0.29) is 0 Å². The van der Waals surface area contributed by atoms with E-state index < -0.39 is 11.6 Å². The first-order chi connectivity index (χ1) is 13.6. The number of likely N-dealkylation sites (tertiary alicyclic amines) is 3. The van der Waals surface area contributed by atoms with Gasteiger partial charge < -0.3 is 4.90 Å². The van der Waals surface area contributed by atoms with Gasteiger partial charge in [0, 0.05) is 31.2 Å². The maximum atomic E-state index is 14.1. The van der Waals surface area contributed by atoms with Gasteiger partial charge in [-0.15, -0.1) is 0 Å². The van der Waals surface area contributed by atoms with Crippen LogP contribution in [0.25, 0.3) is 0 Å². The minimum Gasteiger partial charge on any atom is -0.303 e. The highest BCUT2D eigenvalue weighted by atomic mass is 19.2. The van der Waals surface area contributed by atoms with E-state index >= 15 is 0 Å². The first-order valence-corrected chi connectivity index (χ1v) is 11.2. The van der Waals surface area contributed by atoms with Crippen molar-refractivity contribution in [1.82, 2.24) is 14.7 Å². The maximum Gasteiger partial charge on any atom is 0.163 e. The summed E-state index contributed by atoms with van der Waals surface area (Å²) < 4.78 is 27.7. The maximum absolute atomic E-state index is 14.1. The molecule has 3 nitrogen and oxygen atoms in total. The van der Waals surface area contributed by atoms with Gasteiger partial charge in [0.25, 0.3) is 0 Å². The van der Waals surface area contributed by atoms with Crippen LogP contribution in [-0.2, 0) is 6.54 Å². The molecule has 28 heavy (non-hydrogen) atoms. The Morgan fingerprint density at radius 3 is 2.61 bits per heavy atom. The smallest absolute Gasteiger partial charge is 0.163 e. The molecule has 0 saturated carbocycles. The number of hydrogen-bond donors (Lipinski definition) is 0. The van der Waals surface area contributed by atoms with Gasteiger partial charge in [0.1, 0.15) is 0 Å². The molecule has 1 unspecified atom stereocenters. The second kappa shape index (κ2) is 8.76. The number of nitrogens with zero attached hydrogens (tertiary/aromatic N) is 3. The van der Waals surface area contributed by atoms with Crippen LogP contribution in [0.1, 0.15) is 51.0 Å². The number of hydrogen-bond acceptors (Lipinski definition) is 3. The van der Waals surface area contributed by atoms with Gasteiger partial charge in [-0.2, -0.15) is 0 Å². The quantitative estimate of drug-likeness (QED) is 0.747. The first kappa shape index (κ1) is 20.2. The molecule has 0 bridgehead atoms. The molecular formula is C23H35F2N3. The van der Waals surface area contributed by atoms with Crippen molar-refractivity contribution in [1.29, 1.82) is 0 Å². The lowest BCUT2D eigenvalue weighted by atomic mass is 9.79. The Kier molecular flexibility index (Phi) is 6.34. The fourth-order valence-electron chi connectivity index (χ4n) is 5.80. The van der Waals surface area contributed by atoms with Gasteiger partial charge in [0.05, 0.1) is 0 Å². The number of piperidine rings is 2. The fourth-order valence-corrected chi connectivity index (χ4v) is 5.80. The van der Waals surface area contributed by atoms with Crippen LogP contribution < -0.4 is 0 Å². The van der Waals surface area contributed by atoms with Gasteiger partial charge in [-0.1, -0.05) is 19.1 Å². The third kappa shape index (κ3) is 4.42. The number of halogens is 2. The fraction of sp³-hybridized carbons (Fsp3) is 0.739. The van der Waals surface area contributed by atoms with Crippen LogP contribution in [0.15, 0.2) is 18.2 Å². The van der Waals surface area contributed by atoms with Gasteiger partial charge >= 0.3 is 0 Å². The molecule has 0 aliphatic carbocycles. The zero-order valence-corrected chi connectivity index (χ0v) is 17.3. The summed E-state index contributed by atoms with van der Waals surface area (Å²) in [4.78, 5) is 7.71. The average molecular weight is 392 g/mol. The Hall–Kier alpha value is -1.04. The predicted molar refractivity (Wildman–Crippen MR) is 109 cm³/mol. The molecule has 0 amide bonds. The van der Waals surface area contributed by atoms with Crippen molar-refractivity contribution >= 4 is 0 Å². The molecule has 0 N–H and O–H groups in total. The van der Waals surface area contributed by atoms with Crippen molar-refractivity contribution in [2.45, 2.75) is 58.0 Å². The van der Waals surface area contributed by atoms with Crippen molar-refractivity contribution in [3.63, 3.8) is 0 Å². The SMILES string of the molecule is CCCN1CCC(N2CCC3(CCCN(Cc4cccc(F)c4F)C3)C2)CC1. The van der Waals surface area contributed by atoms with Crippen LogP contribution >= 0.6 is 0 Å². The molecule has 1 aromatic carbocycles. The van der Waals surface area contributed by atoms with Gasteiger partial charge in [-0.25, -0.2) is 8.78 Å². The van der Waals surface area contributed by atoms with E-state index in [2.05, 4.69) is 21.6 Å². The van der Waals surface area contributed by atoms with E-state index in [9.17, 15) is 8.78 Å². The van der Waals surface area contributed by atoms with E-state index in [1.807, 2.05) is 0 Å². The monoisotopic (exact) mass is 391 g/mol. The number of rotatable bonds is 5. The van der Waals surface area contributed by atoms with Crippen molar-refractivity contribution in [2.24, 2.45) is 5.41 Å². The summed E-state index contributed by atoms with van der Waals surface area (Å²) in [5, 5.41) is 0. The average Bonchev–Trinajstić information content (AvgIpc) is 3.09. The summed E-state index contributed by atoms with van der Waals surface area (Å²) in [6.07, 6.45) is 7.55. The van der Waals surface area contributed by atoms with E-state index in [1.54, 1.807) is 12.1 Å². The van der Waals surface area contributed by atoms with Gasteiger partial charge in [-0.05, 0) is 82.7 Å². The molecule has 0 radical (unpaired) electrons. The highest BCUT2D eigenvalue weighted by molar-refractivity contribution is 5.19. The van der Waals surface area contributed by atoms with E-state index in [0.717, 1.165) is 19.1 Å². The molecule has 3 fully saturated rings. The Bertz CT molecular complexity index is 659. The Morgan fingerprint density at radius 2 is 1.82 bits per heavy atom. The lowest BCUT2D eigenvalue weighted by Gasteiger charge is -2.42. The molecule has 3 aliphatic heterocycles. The van der Waals surface area contributed by atoms with Gasteiger partial charge in [0.2, 0.25) is 0 Å². The minimum absolute atomic E-state index is 0.350. The van der Waals surface area contributed by atoms with Crippen LogP contribution in [0.2, 0.25) is 0 Å². The summed E-state index contributed by atoms with van der Waals surface area (Å²) in [7, 11) is 0. The van der Waals surface area contributed by atoms with Gasteiger partial charge in [-0.3, -0.25) is 9.80 Å². The van der Waals surface area contributed by atoms with E-state index in [0.29, 0.717) is 17.5 Å². The Morgan fingerprint density at radius 1 is 1.00 bits per heavy atom. The van der Waals surface area contributed by atoms with E-state index in [1.165, 1.54) is 77.3 Å². The molecule has 1 aromatic rings.